The van der Waals surface area contributed by atoms with E-state index in [0.717, 1.165) is 5.56 Å². The van der Waals surface area contributed by atoms with Crippen LogP contribution in [0.5, 0.6) is 0 Å². The van der Waals surface area contributed by atoms with Crippen LogP contribution < -0.4 is 5.01 Å². The summed E-state index contributed by atoms with van der Waals surface area (Å²) in [6.07, 6.45) is 0. The van der Waals surface area contributed by atoms with Gasteiger partial charge in [-0.05, 0) is 35.9 Å². The van der Waals surface area contributed by atoms with Gasteiger partial charge in [-0.15, -0.1) is 0 Å². The summed E-state index contributed by atoms with van der Waals surface area (Å²) < 4.78 is 13.2. The largest absolute Gasteiger partial charge is 0.477 e. The second-order valence-corrected chi connectivity index (χ2v) is 6.36. The van der Waals surface area contributed by atoms with Crippen LogP contribution >= 0.6 is 23.2 Å². The van der Waals surface area contributed by atoms with Gasteiger partial charge in [0.1, 0.15) is 5.82 Å². The van der Waals surface area contributed by atoms with E-state index in [-0.39, 0.29) is 11.5 Å². The van der Waals surface area contributed by atoms with Crippen LogP contribution in [0.3, 0.4) is 0 Å². The number of carboxylic acid groups (broad SMARTS) is 1. The number of anilines is 1. The minimum absolute atomic E-state index is 0.0235. The van der Waals surface area contributed by atoms with Gasteiger partial charge in [-0.1, -0.05) is 42.3 Å². The summed E-state index contributed by atoms with van der Waals surface area (Å²) in [4.78, 5) is 11.5. The molecule has 7 heteroatoms. The molecule has 1 aliphatic heterocycles. The topological polar surface area (TPSA) is 52.9 Å². The van der Waals surface area contributed by atoms with E-state index < -0.39 is 17.9 Å². The van der Waals surface area contributed by atoms with Crippen LogP contribution in [0.15, 0.2) is 47.6 Å². The third-order valence-electron chi connectivity index (χ3n) is 3.97. The third kappa shape index (κ3) is 2.97. The van der Waals surface area contributed by atoms with E-state index in [1.165, 1.54) is 12.1 Å². The van der Waals surface area contributed by atoms with Crippen molar-refractivity contribution in [2.75, 3.05) is 5.01 Å². The number of benzene rings is 2. The van der Waals surface area contributed by atoms with Crippen molar-refractivity contribution in [1.29, 1.82) is 0 Å². The van der Waals surface area contributed by atoms with Crippen molar-refractivity contribution in [3.05, 3.63) is 63.9 Å². The van der Waals surface area contributed by atoms with E-state index in [2.05, 4.69) is 5.10 Å². The molecule has 124 valence electrons. The molecule has 2 atom stereocenters. The predicted octanol–water partition coefficient (Wildman–Crippen LogP) is 4.77. The first-order valence-electron chi connectivity index (χ1n) is 7.20. The fourth-order valence-corrected chi connectivity index (χ4v) is 3.32. The minimum Gasteiger partial charge on any atom is -0.477 e. The maximum absolute atomic E-state index is 13.2. The van der Waals surface area contributed by atoms with Gasteiger partial charge < -0.3 is 5.11 Å². The van der Waals surface area contributed by atoms with Gasteiger partial charge in [-0.25, -0.2) is 9.18 Å². The summed E-state index contributed by atoms with van der Waals surface area (Å²) in [6.45, 7) is 1.77. The van der Waals surface area contributed by atoms with Crippen molar-refractivity contribution in [3.8, 4) is 0 Å². The number of hydrazone groups is 1. The highest BCUT2D eigenvalue weighted by molar-refractivity contribution is 6.38. The molecule has 0 saturated carbocycles. The molecular weight excluding hydrogens is 354 g/mol. The number of rotatable bonds is 3. The molecule has 0 spiro atoms. The second-order valence-electron chi connectivity index (χ2n) is 5.52. The number of nitrogens with zero attached hydrogens (tertiary/aromatic N) is 2. The van der Waals surface area contributed by atoms with Gasteiger partial charge >= 0.3 is 5.97 Å². The van der Waals surface area contributed by atoms with E-state index >= 15 is 0 Å². The summed E-state index contributed by atoms with van der Waals surface area (Å²) in [6, 6.07) is 10.4. The summed E-state index contributed by atoms with van der Waals surface area (Å²) in [5, 5.41) is 16.0. The van der Waals surface area contributed by atoms with Gasteiger partial charge in [0.15, 0.2) is 5.71 Å². The normalized spacial score (nSPS) is 20.2. The first kappa shape index (κ1) is 16.7. The Morgan fingerprint density at radius 2 is 1.88 bits per heavy atom. The highest BCUT2D eigenvalue weighted by Crippen LogP contribution is 2.42. The monoisotopic (exact) mass is 366 g/mol. The van der Waals surface area contributed by atoms with E-state index in [1.807, 2.05) is 0 Å². The highest BCUT2D eigenvalue weighted by Gasteiger charge is 2.40. The molecule has 1 aliphatic rings. The van der Waals surface area contributed by atoms with Crippen LogP contribution in [0.1, 0.15) is 18.5 Å². The number of carbonyl (C=O) groups is 1. The lowest BCUT2D eigenvalue weighted by molar-refractivity contribution is -0.129. The average molecular weight is 367 g/mol. The summed E-state index contributed by atoms with van der Waals surface area (Å²) >= 11 is 12.2. The number of hydrogen-bond acceptors (Lipinski definition) is 3. The molecule has 0 radical (unpaired) electrons. The van der Waals surface area contributed by atoms with Crippen LogP contribution in [0.4, 0.5) is 10.1 Å². The zero-order valence-electron chi connectivity index (χ0n) is 12.6. The SMILES string of the molecule is CC1C(C(=O)O)=NN(c2ccc(Cl)cc2Cl)C1c1ccc(F)cc1. The summed E-state index contributed by atoms with van der Waals surface area (Å²) in [7, 11) is 0. The molecule has 1 N–H and O–H groups in total. The number of carboxylic acids is 1. The van der Waals surface area contributed by atoms with Gasteiger partial charge in [-0.2, -0.15) is 5.10 Å². The Labute approximate surface area is 148 Å². The van der Waals surface area contributed by atoms with Crippen LogP contribution in [-0.2, 0) is 4.79 Å². The summed E-state index contributed by atoms with van der Waals surface area (Å²) in [5.74, 6) is -1.86. The zero-order valence-corrected chi connectivity index (χ0v) is 14.1. The smallest absolute Gasteiger partial charge is 0.352 e. The quantitative estimate of drug-likeness (QED) is 0.850. The molecule has 4 nitrogen and oxygen atoms in total. The lowest BCUT2D eigenvalue weighted by Gasteiger charge is -2.27. The van der Waals surface area contributed by atoms with Crippen molar-refractivity contribution < 1.29 is 14.3 Å². The molecule has 1 heterocycles. The van der Waals surface area contributed by atoms with Crippen molar-refractivity contribution in [1.82, 2.24) is 0 Å². The minimum atomic E-state index is -1.10. The van der Waals surface area contributed by atoms with Gasteiger partial charge in [0, 0.05) is 10.9 Å². The molecule has 2 aromatic rings. The molecule has 0 saturated heterocycles. The van der Waals surface area contributed by atoms with Crippen LogP contribution in [0.25, 0.3) is 0 Å². The van der Waals surface area contributed by atoms with E-state index in [0.29, 0.717) is 15.7 Å². The Balaban J connectivity index is 2.11. The first-order chi connectivity index (χ1) is 11.4. The van der Waals surface area contributed by atoms with Crippen molar-refractivity contribution >= 4 is 40.6 Å². The molecule has 3 rings (SSSR count). The Morgan fingerprint density at radius 1 is 1.21 bits per heavy atom. The van der Waals surface area contributed by atoms with Crippen molar-refractivity contribution in [3.63, 3.8) is 0 Å². The molecule has 0 aliphatic carbocycles. The van der Waals surface area contributed by atoms with Gasteiger partial charge in [-0.3, -0.25) is 5.01 Å². The van der Waals surface area contributed by atoms with Gasteiger partial charge in [0.25, 0.3) is 0 Å². The zero-order chi connectivity index (χ0) is 17.4. The maximum Gasteiger partial charge on any atom is 0.352 e. The van der Waals surface area contributed by atoms with Crippen LogP contribution in [-0.4, -0.2) is 16.8 Å². The fourth-order valence-electron chi connectivity index (χ4n) is 2.83. The van der Waals surface area contributed by atoms with E-state index in [1.54, 1.807) is 42.3 Å². The molecule has 0 bridgehead atoms. The Bertz CT molecular complexity index is 824. The first-order valence-corrected chi connectivity index (χ1v) is 7.95. The number of aliphatic carboxylic acids is 1. The maximum atomic E-state index is 13.2. The fraction of sp³-hybridized carbons (Fsp3) is 0.176. The van der Waals surface area contributed by atoms with Crippen molar-refractivity contribution in [2.45, 2.75) is 13.0 Å². The highest BCUT2D eigenvalue weighted by atomic mass is 35.5. The molecule has 0 fully saturated rings. The van der Waals surface area contributed by atoms with Crippen molar-refractivity contribution in [2.24, 2.45) is 11.0 Å². The van der Waals surface area contributed by atoms with Crippen LogP contribution in [0, 0.1) is 11.7 Å². The molecule has 0 amide bonds. The molecule has 2 unspecified atom stereocenters. The Kier molecular flexibility index (Phi) is 4.47. The molecule has 2 aromatic carbocycles. The van der Waals surface area contributed by atoms with E-state index in [4.69, 9.17) is 23.2 Å². The number of halogens is 3. The lowest BCUT2D eigenvalue weighted by Crippen LogP contribution is -2.26. The molecular formula is C17H13Cl2FN2O2. The molecule has 0 aromatic heterocycles. The van der Waals surface area contributed by atoms with Gasteiger partial charge in [0.05, 0.1) is 16.8 Å². The average Bonchev–Trinajstić information content (AvgIpc) is 2.86. The lowest BCUT2D eigenvalue weighted by atomic mass is 9.91. The predicted molar refractivity (Wildman–Crippen MR) is 92.3 cm³/mol. The number of hydrogen-bond donors (Lipinski definition) is 1. The third-order valence-corrected chi connectivity index (χ3v) is 4.51. The molecule has 24 heavy (non-hydrogen) atoms. The second kappa shape index (κ2) is 6.42. The van der Waals surface area contributed by atoms with E-state index in [9.17, 15) is 14.3 Å². The van der Waals surface area contributed by atoms with Crippen LogP contribution in [0.2, 0.25) is 10.0 Å². The standard InChI is InChI=1S/C17H13Cl2FN2O2/c1-9-15(17(23)24)21-22(14-7-4-11(18)8-13(14)19)16(9)10-2-5-12(20)6-3-10/h2-9,16H,1H3,(H,23,24). The Morgan fingerprint density at radius 3 is 2.46 bits per heavy atom. The van der Waals surface area contributed by atoms with Gasteiger partial charge in [0.2, 0.25) is 0 Å². The summed E-state index contributed by atoms with van der Waals surface area (Å²) in [5.41, 5.74) is 1.31. The Hall–Kier alpha value is -2.11.